The van der Waals surface area contributed by atoms with Gasteiger partial charge in [0.25, 0.3) is 0 Å². The van der Waals surface area contributed by atoms with Gasteiger partial charge in [0.2, 0.25) is 0 Å². The molecule has 1 atom stereocenters. The van der Waals surface area contributed by atoms with Crippen LogP contribution in [0.15, 0.2) is 53.1 Å². The van der Waals surface area contributed by atoms with E-state index in [9.17, 15) is 13.2 Å². The minimum absolute atomic E-state index is 0.0281. The van der Waals surface area contributed by atoms with Crippen molar-refractivity contribution in [2.45, 2.75) is 12.5 Å². The summed E-state index contributed by atoms with van der Waals surface area (Å²) in [6.07, 6.45) is 1.90. The second-order valence-electron chi connectivity index (χ2n) is 5.18. The molecule has 0 radical (unpaired) electrons. The Morgan fingerprint density at radius 2 is 1.95 bits per heavy atom. The number of carbonyl (C=O) groups is 1. The van der Waals surface area contributed by atoms with E-state index in [0.29, 0.717) is 6.42 Å². The maximum absolute atomic E-state index is 12.2. The molecule has 2 heterocycles. The zero-order valence-electron chi connectivity index (χ0n) is 11.8. The fourth-order valence-corrected chi connectivity index (χ4v) is 4.21. The topological polar surface area (TPSA) is 79.6 Å². The Labute approximate surface area is 128 Å². The molecule has 1 N–H and O–H groups in total. The summed E-state index contributed by atoms with van der Waals surface area (Å²) in [6, 6.07) is 12.1. The molecular weight excluding hydrogens is 304 g/mol. The molecule has 1 aliphatic heterocycles. The van der Waals surface area contributed by atoms with E-state index < -0.39 is 15.7 Å². The van der Waals surface area contributed by atoms with Crippen molar-refractivity contribution in [1.29, 1.82) is 0 Å². The Kier molecular flexibility index (Phi) is 3.89. The predicted molar refractivity (Wildman–Crippen MR) is 82.2 cm³/mol. The highest BCUT2D eigenvalue weighted by Crippen LogP contribution is 2.22. The average molecular weight is 320 g/mol. The maximum Gasteiger partial charge on any atom is 0.305 e. The van der Waals surface area contributed by atoms with Gasteiger partial charge in [0.05, 0.1) is 29.5 Å². The van der Waals surface area contributed by atoms with E-state index in [0.717, 1.165) is 5.69 Å². The maximum atomic E-state index is 12.2. The van der Waals surface area contributed by atoms with E-state index in [1.54, 1.807) is 17.1 Å². The van der Waals surface area contributed by atoms with E-state index in [1.165, 1.54) is 6.26 Å². The lowest BCUT2D eigenvalue weighted by Gasteiger charge is -2.30. The molecule has 0 aliphatic carbocycles. The number of nitrogens with zero attached hydrogens (tertiary/aromatic N) is 1. The van der Waals surface area contributed by atoms with E-state index >= 15 is 0 Å². The minimum Gasteiger partial charge on any atom is -0.459 e. The first-order valence-electron chi connectivity index (χ1n) is 6.94. The zero-order chi connectivity index (χ0) is 15.6. The number of carbonyl (C=O) groups excluding carboxylic acids is 1. The van der Waals surface area contributed by atoms with Crippen LogP contribution in [0.25, 0.3) is 0 Å². The molecule has 1 fully saturated rings. The lowest BCUT2D eigenvalue weighted by Crippen LogP contribution is -2.49. The van der Waals surface area contributed by atoms with Gasteiger partial charge in [0.15, 0.2) is 15.6 Å². The number of nitrogens with one attached hydrogen (secondary N) is 1. The van der Waals surface area contributed by atoms with E-state index in [4.69, 9.17) is 4.42 Å². The summed E-state index contributed by atoms with van der Waals surface area (Å²) in [6.45, 7) is 0. The summed E-state index contributed by atoms with van der Waals surface area (Å²) in [4.78, 5) is 12.2. The van der Waals surface area contributed by atoms with Gasteiger partial charge in [-0.2, -0.15) is 0 Å². The van der Waals surface area contributed by atoms with Crippen LogP contribution in [-0.4, -0.2) is 31.9 Å². The highest BCUT2D eigenvalue weighted by atomic mass is 32.2. The molecule has 1 aromatic carbocycles. The molecule has 0 saturated carbocycles. The Morgan fingerprint density at radius 3 is 2.55 bits per heavy atom. The molecule has 1 aliphatic rings. The number of para-hydroxylation sites is 1. The monoisotopic (exact) mass is 320 g/mol. The van der Waals surface area contributed by atoms with Crippen molar-refractivity contribution >= 4 is 21.4 Å². The van der Waals surface area contributed by atoms with Crippen molar-refractivity contribution in [3.05, 3.63) is 54.5 Å². The quantitative estimate of drug-likeness (QED) is 0.866. The molecule has 22 heavy (non-hydrogen) atoms. The summed E-state index contributed by atoms with van der Waals surface area (Å²) in [5.74, 6) is -0.0576. The summed E-state index contributed by atoms with van der Waals surface area (Å²) < 4.78 is 28.5. The van der Waals surface area contributed by atoms with Crippen LogP contribution in [0.5, 0.6) is 0 Å². The van der Waals surface area contributed by atoms with Gasteiger partial charge in [-0.25, -0.2) is 8.42 Å². The molecule has 1 saturated heterocycles. The van der Waals surface area contributed by atoms with Crippen LogP contribution >= 0.6 is 0 Å². The van der Waals surface area contributed by atoms with E-state index in [-0.39, 0.29) is 23.3 Å². The molecule has 7 heteroatoms. The Hall–Kier alpha value is -2.28. The highest BCUT2D eigenvalue weighted by Gasteiger charge is 2.33. The third kappa shape index (κ3) is 3.14. The van der Waals surface area contributed by atoms with Crippen LogP contribution in [0.4, 0.5) is 5.69 Å². The molecule has 3 rings (SSSR count). The van der Waals surface area contributed by atoms with Crippen LogP contribution in [0.1, 0.15) is 17.0 Å². The predicted octanol–water partition coefficient (Wildman–Crippen LogP) is 1.62. The fourth-order valence-electron chi connectivity index (χ4n) is 2.51. The largest absolute Gasteiger partial charge is 0.459 e. The number of hydrogen-bond acceptors (Lipinski definition) is 5. The van der Waals surface area contributed by atoms with Crippen LogP contribution in [0, 0.1) is 0 Å². The number of furan rings is 1. The van der Waals surface area contributed by atoms with Crippen molar-refractivity contribution in [1.82, 2.24) is 5.43 Å². The first-order chi connectivity index (χ1) is 10.6. The molecule has 116 valence electrons. The Morgan fingerprint density at radius 1 is 1.18 bits per heavy atom. The molecule has 6 nitrogen and oxygen atoms in total. The second kappa shape index (κ2) is 5.84. The number of amides is 1. The SMILES string of the molecule is O=C(NN(c1ccccc1)C1CCS(=O)(=O)C1)c1ccco1. The van der Waals surface area contributed by atoms with Crippen LogP contribution in [0.3, 0.4) is 0 Å². The Bertz CT molecular complexity index is 741. The minimum atomic E-state index is -3.05. The standard InChI is InChI=1S/C15H16N2O4S/c18-15(14-7-4-9-21-14)16-17(12-5-2-1-3-6-12)13-8-10-22(19,20)11-13/h1-7,9,13H,8,10-11H2,(H,16,18). The number of sulfone groups is 1. The van der Waals surface area contributed by atoms with Crippen LogP contribution < -0.4 is 10.4 Å². The van der Waals surface area contributed by atoms with Gasteiger partial charge in [-0.3, -0.25) is 15.2 Å². The number of rotatable bonds is 4. The van der Waals surface area contributed by atoms with Crippen molar-refractivity contribution in [3.8, 4) is 0 Å². The van der Waals surface area contributed by atoms with Crippen molar-refractivity contribution in [2.24, 2.45) is 0 Å². The number of anilines is 1. The first-order valence-corrected chi connectivity index (χ1v) is 8.76. The van der Waals surface area contributed by atoms with Gasteiger partial charge in [-0.05, 0) is 30.7 Å². The van der Waals surface area contributed by atoms with Crippen molar-refractivity contribution in [2.75, 3.05) is 16.5 Å². The highest BCUT2D eigenvalue weighted by molar-refractivity contribution is 7.91. The molecule has 1 aromatic heterocycles. The lowest BCUT2D eigenvalue weighted by molar-refractivity contribution is 0.0917. The molecule has 2 aromatic rings. The van der Waals surface area contributed by atoms with Gasteiger partial charge in [-0.15, -0.1) is 0 Å². The summed E-state index contributed by atoms with van der Waals surface area (Å²) >= 11 is 0. The van der Waals surface area contributed by atoms with Crippen molar-refractivity contribution in [3.63, 3.8) is 0 Å². The van der Waals surface area contributed by atoms with E-state index in [2.05, 4.69) is 5.43 Å². The van der Waals surface area contributed by atoms with Crippen molar-refractivity contribution < 1.29 is 17.6 Å². The fraction of sp³-hybridized carbons (Fsp3) is 0.267. The van der Waals surface area contributed by atoms with Gasteiger partial charge in [0, 0.05) is 0 Å². The number of benzene rings is 1. The van der Waals surface area contributed by atoms with E-state index in [1.807, 2.05) is 30.3 Å². The second-order valence-corrected chi connectivity index (χ2v) is 7.41. The van der Waals surface area contributed by atoms with Crippen LogP contribution in [-0.2, 0) is 9.84 Å². The lowest BCUT2D eigenvalue weighted by atomic mass is 10.2. The number of hydrogen-bond donors (Lipinski definition) is 1. The molecule has 0 bridgehead atoms. The van der Waals surface area contributed by atoms with Gasteiger partial charge in [-0.1, -0.05) is 18.2 Å². The van der Waals surface area contributed by atoms with Gasteiger partial charge in [0.1, 0.15) is 0 Å². The van der Waals surface area contributed by atoms with Crippen LogP contribution in [0.2, 0.25) is 0 Å². The normalized spacial score (nSPS) is 19.7. The molecular formula is C15H16N2O4S. The molecule has 1 amide bonds. The van der Waals surface area contributed by atoms with Gasteiger partial charge < -0.3 is 4.42 Å². The third-order valence-corrected chi connectivity index (χ3v) is 5.33. The molecule has 1 unspecified atom stereocenters. The summed E-state index contributed by atoms with van der Waals surface area (Å²) in [5, 5.41) is 1.62. The summed E-state index contributed by atoms with van der Waals surface area (Å²) in [7, 11) is -3.05. The third-order valence-electron chi connectivity index (χ3n) is 3.57. The average Bonchev–Trinajstić information content (AvgIpc) is 3.15. The first kappa shape index (κ1) is 14.6. The van der Waals surface area contributed by atoms with Gasteiger partial charge >= 0.3 is 5.91 Å². The zero-order valence-corrected chi connectivity index (χ0v) is 12.6. The summed E-state index contributed by atoms with van der Waals surface area (Å²) in [5.41, 5.74) is 3.49. The number of hydrazine groups is 1. The molecule has 0 spiro atoms. The Balaban J connectivity index is 1.85. The smallest absolute Gasteiger partial charge is 0.305 e.